The van der Waals surface area contributed by atoms with Crippen LogP contribution in [0.5, 0.6) is 5.75 Å². The Kier molecular flexibility index (Phi) is 3.40. The molecular formula is C11H16ClNO. The molecule has 78 valence electrons. The zero-order chi connectivity index (χ0) is 10.9. The van der Waals surface area contributed by atoms with Crippen LogP contribution in [0, 0.1) is 20.8 Å². The van der Waals surface area contributed by atoms with E-state index in [1.54, 1.807) is 0 Å². The van der Waals surface area contributed by atoms with Gasteiger partial charge in [0, 0.05) is 5.02 Å². The molecule has 0 radical (unpaired) electrons. The lowest BCUT2D eigenvalue weighted by atomic mass is 9.97. The lowest BCUT2D eigenvalue weighted by Crippen LogP contribution is -2.06. The van der Waals surface area contributed by atoms with Crippen LogP contribution in [-0.4, -0.2) is 11.7 Å². The first-order valence-corrected chi connectivity index (χ1v) is 5.05. The molecule has 14 heavy (non-hydrogen) atoms. The standard InChI is InChI=1S/C11H16ClNO/c1-6-7(2)11(14)9(4-5-13)8(3)10(6)12/h14H,4-5,13H2,1-3H3. The highest BCUT2D eigenvalue weighted by molar-refractivity contribution is 6.32. The van der Waals surface area contributed by atoms with E-state index >= 15 is 0 Å². The van der Waals surface area contributed by atoms with Crippen LogP contribution >= 0.6 is 11.6 Å². The Labute approximate surface area is 89.7 Å². The Balaban J connectivity index is 3.43. The Morgan fingerprint density at radius 1 is 1.14 bits per heavy atom. The van der Waals surface area contributed by atoms with Gasteiger partial charge >= 0.3 is 0 Å². The summed E-state index contributed by atoms with van der Waals surface area (Å²) in [6.07, 6.45) is 0.665. The highest BCUT2D eigenvalue weighted by Crippen LogP contribution is 2.34. The molecule has 0 atom stereocenters. The molecule has 3 heteroatoms. The number of phenols is 1. The predicted molar refractivity (Wildman–Crippen MR) is 60.1 cm³/mol. The lowest BCUT2D eigenvalue weighted by molar-refractivity contribution is 0.462. The number of halogens is 1. The largest absolute Gasteiger partial charge is 0.507 e. The van der Waals surface area contributed by atoms with Crippen LogP contribution in [0.25, 0.3) is 0 Å². The Bertz CT molecular complexity index is 332. The van der Waals surface area contributed by atoms with Crippen molar-refractivity contribution < 1.29 is 5.11 Å². The molecule has 2 nitrogen and oxygen atoms in total. The molecule has 0 heterocycles. The molecule has 0 aliphatic carbocycles. The van der Waals surface area contributed by atoms with Gasteiger partial charge < -0.3 is 10.8 Å². The maximum atomic E-state index is 9.90. The zero-order valence-corrected chi connectivity index (χ0v) is 9.57. The first-order chi connectivity index (χ1) is 6.50. The quantitative estimate of drug-likeness (QED) is 0.793. The molecule has 0 unspecified atom stereocenters. The molecule has 0 bridgehead atoms. The number of aromatic hydroxyl groups is 1. The molecule has 0 aliphatic rings. The van der Waals surface area contributed by atoms with Gasteiger partial charge in [-0.05, 0) is 56.0 Å². The number of hydrogen-bond acceptors (Lipinski definition) is 2. The van der Waals surface area contributed by atoms with Crippen molar-refractivity contribution >= 4 is 11.6 Å². The third-order valence-corrected chi connectivity index (χ3v) is 3.28. The maximum absolute atomic E-state index is 9.90. The van der Waals surface area contributed by atoms with Crippen molar-refractivity contribution in [1.29, 1.82) is 0 Å². The minimum absolute atomic E-state index is 0.342. The number of benzene rings is 1. The molecule has 0 saturated carbocycles. The number of rotatable bonds is 2. The van der Waals surface area contributed by atoms with E-state index in [4.69, 9.17) is 17.3 Å². The normalized spacial score (nSPS) is 10.6. The zero-order valence-electron chi connectivity index (χ0n) is 8.82. The summed E-state index contributed by atoms with van der Waals surface area (Å²) in [5, 5.41) is 10.6. The van der Waals surface area contributed by atoms with Gasteiger partial charge in [0.25, 0.3) is 0 Å². The SMILES string of the molecule is Cc1c(C)c(Cl)c(C)c(CCN)c1O. The average Bonchev–Trinajstić information content (AvgIpc) is 2.19. The maximum Gasteiger partial charge on any atom is 0.122 e. The summed E-state index contributed by atoms with van der Waals surface area (Å²) in [5.74, 6) is 0.342. The number of hydrogen-bond donors (Lipinski definition) is 2. The second-order valence-electron chi connectivity index (χ2n) is 3.55. The third kappa shape index (κ3) is 1.72. The van der Waals surface area contributed by atoms with Gasteiger partial charge in [0.1, 0.15) is 5.75 Å². The summed E-state index contributed by atoms with van der Waals surface area (Å²) in [6.45, 7) is 6.22. The van der Waals surface area contributed by atoms with Crippen LogP contribution in [0.4, 0.5) is 0 Å². The van der Waals surface area contributed by atoms with E-state index in [-0.39, 0.29) is 0 Å². The van der Waals surface area contributed by atoms with Crippen molar-refractivity contribution in [3.8, 4) is 5.75 Å². The molecule has 0 spiro atoms. The minimum Gasteiger partial charge on any atom is -0.507 e. The van der Waals surface area contributed by atoms with E-state index in [9.17, 15) is 5.11 Å². The fraction of sp³-hybridized carbons (Fsp3) is 0.455. The van der Waals surface area contributed by atoms with Gasteiger partial charge in [0.05, 0.1) is 0 Å². The molecule has 0 aromatic heterocycles. The summed E-state index contributed by atoms with van der Waals surface area (Å²) < 4.78 is 0. The van der Waals surface area contributed by atoms with E-state index in [2.05, 4.69) is 0 Å². The van der Waals surface area contributed by atoms with Gasteiger partial charge in [-0.25, -0.2) is 0 Å². The molecule has 0 aliphatic heterocycles. The van der Waals surface area contributed by atoms with Crippen molar-refractivity contribution in [1.82, 2.24) is 0 Å². The third-order valence-electron chi connectivity index (χ3n) is 2.71. The molecule has 0 saturated heterocycles. The highest BCUT2D eigenvalue weighted by Gasteiger charge is 2.14. The van der Waals surface area contributed by atoms with Gasteiger partial charge in [0.15, 0.2) is 0 Å². The summed E-state index contributed by atoms with van der Waals surface area (Å²) in [4.78, 5) is 0. The number of phenolic OH excluding ortho intramolecular Hbond substituents is 1. The van der Waals surface area contributed by atoms with Crippen molar-refractivity contribution in [3.05, 3.63) is 27.3 Å². The monoisotopic (exact) mass is 213 g/mol. The average molecular weight is 214 g/mol. The van der Waals surface area contributed by atoms with E-state index in [1.165, 1.54) is 0 Å². The molecule has 0 fully saturated rings. The van der Waals surface area contributed by atoms with Crippen molar-refractivity contribution in [2.45, 2.75) is 27.2 Å². The topological polar surface area (TPSA) is 46.2 Å². The molecule has 1 aromatic carbocycles. The molecule has 3 N–H and O–H groups in total. The highest BCUT2D eigenvalue weighted by atomic mass is 35.5. The van der Waals surface area contributed by atoms with Crippen molar-refractivity contribution in [2.75, 3.05) is 6.54 Å². The van der Waals surface area contributed by atoms with E-state index in [1.807, 2.05) is 20.8 Å². The van der Waals surface area contributed by atoms with Gasteiger partial charge in [-0.15, -0.1) is 0 Å². The van der Waals surface area contributed by atoms with Crippen molar-refractivity contribution in [3.63, 3.8) is 0 Å². The molecular weight excluding hydrogens is 198 g/mol. The van der Waals surface area contributed by atoms with Gasteiger partial charge in [-0.3, -0.25) is 0 Å². The summed E-state index contributed by atoms with van der Waals surface area (Å²) >= 11 is 6.14. The first kappa shape index (κ1) is 11.3. The van der Waals surface area contributed by atoms with Crippen molar-refractivity contribution in [2.24, 2.45) is 5.73 Å². The first-order valence-electron chi connectivity index (χ1n) is 4.67. The Hall–Kier alpha value is -0.730. The van der Waals surface area contributed by atoms with Crippen LogP contribution < -0.4 is 5.73 Å². The van der Waals surface area contributed by atoms with Gasteiger partial charge in [0.2, 0.25) is 0 Å². The Morgan fingerprint density at radius 3 is 2.21 bits per heavy atom. The van der Waals surface area contributed by atoms with Gasteiger partial charge in [-0.2, -0.15) is 0 Å². The van der Waals surface area contributed by atoms with Crippen LogP contribution in [0.1, 0.15) is 22.3 Å². The number of nitrogens with two attached hydrogens (primary N) is 1. The second-order valence-corrected chi connectivity index (χ2v) is 3.93. The summed E-state index contributed by atoms with van der Waals surface area (Å²) in [6, 6.07) is 0. The smallest absolute Gasteiger partial charge is 0.122 e. The predicted octanol–water partition coefficient (Wildman–Crippen LogP) is 2.47. The van der Waals surface area contributed by atoms with Crippen LogP contribution in [0.3, 0.4) is 0 Å². The van der Waals surface area contributed by atoms with E-state index < -0.39 is 0 Å². The fourth-order valence-electron chi connectivity index (χ4n) is 1.61. The molecule has 1 aromatic rings. The van der Waals surface area contributed by atoms with Crippen LogP contribution in [0.15, 0.2) is 0 Å². The fourth-order valence-corrected chi connectivity index (χ4v) is 1.87. The second kappa shape index (κ2) is 4.20. The van der Waals surface area contributed by atoms with E-state index in [0.717, 1.165) is 27.3 Å². The summed E-state index contributed by atoms with van der Waals surface area (Å²) in [5.41, 5.74) is 9.10. The van der Waals surface area contributed by atoms with Crippen LogP contribution in [-0.2, 0) is 6.42 Å². The Morgan fingerprint density at radius 2 is 1.71 bits per heavy atom. The summed E-state index contributed by atoms with van der Waals surface area (Å²) in [7, 11) is 0. The molecule has 0 amide bonds. The molecule has 1 rings (SSSR count). The lowest BCUT2D eigenvalue weighted by Gasteiger charge is -2.15. The minimum atomic E-state index is 0.342. The van der Waals surface area contributed by atoms with E-state index in [0.29, 0.717) is 18.7 Å². The van der Waals surface area contributed by atoms with Crippen LogP contribution in [0.2, 0.25) is 5.02 Å². The van der Waals surface area contributed by atoms with Gasteiger partial charge in [-0.1, -0.05) is 11.6 Å².